The van der Waals surface area contributed by atoms with E-state index in [-0.39, 0.29) is 17.9 Å². The highest BCUT2D eigenvalue weighted by atomic mass is 32.1. The molecule has 0 aromatic carbocycles. The van der Waals surface area contributed by atoms with Crippen molar-refractivity contribution in [2.24, 2.45) is 0 Å². The molecule has 3 heterocycles. The number of nitrogens with zero attached hydrogens (tertiary/aromatic N) is 3. The summed E-state index contributed by atoms with van der Waals surface area (Å²) in [5.74, 6) is 0.00678. The summed E-state index contributed by atoms with van der Waals surface area (Å²) < 4.78 is 1.98. The van der Waals surface area contributed by atoms with Crippen molar-refractivity contribution in [2.45, 2.75) is 39.3 Å². The van der Waals surface area contributed by atoms with Crippen LogP contribution in [-0.4, -0.2) is 39.6 Å². The zero-order chi connectivity index (χ0) is 17.1. The molecule has 1 atom stereocenters. The molecular formula is C17H22N4O2S. The molecule has 0 unspecified atom stereocenters. The molecule has 1 aliphatic heterocycles. The van der Waals surface area contributed by atoms with Gasteiger partial charge in [-0.05, 0) is 37.5 Å². The zero-order valence-electron chi connectivity index (χ0n) is 14.0. The number of carbonyl (C=O) groups is 2. The van der Waals surface area contributed by atoms with Crippen LogP contribution in [0, 0.1) is 6.92 Å². The van der Waals surface area contributed by atoms with Gasteiger partial charge in [0.2, 0.25) is 5.91 Å². The average Bonchev–Trinajstić information content (AvgIpc) is 3.21. The Morgan fingerprint density at radius 3 is 2.96 bits per heavy atom. The van der Waals surface area contributed by atoms with Crippen LogP contribution in [0.2, 0.25) is 0 Å². The van der Waals surface area contributed by atoms with Gasteiger partial charge in [0, 0.05) is 31.1 Å². The van der Waals surface area contributed by atoms with Crippen LogP contribution in [0.25, 0.3) is 0 Å². The standard InChI is InChI=1S/C17H22N4O2S/c1-12-8-19-21(10-12)14-4-3-7-20(11-14)17(23)16-6-5-15(24-16)9-18-13(2)22/h5-6,8,10,14H,3-4,7,9,11H2,1-2H3,(H,18,22)/t14-/m0/s1. The topological polar surface area (TPSA) is 67.2 Å². The predicted octanol–water partition coefficient (Wildman–Crippen LogP) is 2.37. The maximum atomic E-state index is 12.8. The van der Waals surface area contributed by atoms with Crippen LogP contribution in [0.15, 0.2) is 24.5 Å². The molecule has 2 amide bonds. The van der Waals surface area contributed by atoms with E-state index in [0.717, 1.165) is 34.7 Å². The van der Waals surface area contributed by atoms with E-state index in [2.05, 4.69) is 10.4 Å². The van der Waals surface area contributed by atoms with E-state index in [4.69, 9.17) is 0 Å². The van der Waals surface area contributed by atoms with Crippen LogP contribution >= 0.6 is 11.3 Å². The van der Waals surface area contributed by atoms with E-state index in [9.17, 15) is 9.59 Å². The molecule has 1 N–H and O–H groups in total. The highest BCUT2D eigenvalue weighted by Gasteiger charge is 2.26. The lowest BCUT2D eigenvalue weighted by molar-refractivity contribution is -0.119. The van der Waals surface area contributed by atoms with E-state index in [1.807, 2.05) is 41.0 Å². The Bertz CT molecular complexity index is 737. The summed E-state index contributed by atoms with van der Waals surface area (Å²) in [7, 11) is 0. The van der Waals surface area contributed by atoms with Gasteiger partial charge in [0.15, 0.2) is 0 Å². The van der Waals surface area contributed by atoms with Gasteiger partial charge in [0.1, 0.15) is 0 Å². The first-order valence-electron chi connectivity index (χ1n) is 8.16. The van der Waals surface area contributed by atoms with Gasteiger partial charge in [0.25, 0.3) is 5.91 Å². The molecular weight excluding hydrogens is 324 g/mol. The summed E-state index contributed by atoms with van der Waals surface area (Å²) in [4.78, 5) is 27.4. The Morgan fingerprint density at radius 2 is 2.25 bits per heavy atom. The number of likely N-dealkylation sites (tertiary alicyclic amines) is 1. The van der Waals surface area contributed by atoms with Gasteiger partial charge in [-0.25, -0.2) is 0 Å². The zero-order valence-corrected chi connectivity index (χ0v) is 14.8. The van der Waals surface area contributed by atoms with Gasteiger partial charge in [-0.15, -0.1) is 11.3 Å². The number of amides is 2. The molecule has 2 aromatic rings. The molecule has 24 heavy (non-hydrogen) atoms. The normalized spacial score (nSPS) is 17.8. The first-order chi connectivity index (χ1) is 11.5. The molecule has 0 aliphatic carbocycles. The van der Waals surface area contributed by atoms with E-state index in [1.165, 1.54) is 18.3 Å². The molecule has 1 fully saturated rings. The maximum absolute atomic E-state index is 12.8. The van der Waals surface area contributed by atoms with Crippen LogP contribution in [-0.2, 0) is 11.3 Å². The fourth-order valence-corrected chi connectivity index (χ4v) is 3.86. The Balaban J connectivity index is 1.65. The molecule has 3 rings (SSSR count). The Kier molecular flexibility index (Phi) is 4.99. The summed E-state index contributed by atoms with van der Waals surface area (Å²) >= 11 is 1.45. The van der Waals surface area contributed by atoms with Crippen molar-refractivity contribution in [1.82, 2.24) is 20.0 Å². The van der Waals surface area contributed by atoms with Gasteiger partial charge in [-0.1, -0.05) is 0 Å². The highest BCUT2D eigenvalue weighted by Crippen LogP contribution is 2.25. The van der Waals surface area contributed by atoms with Gasteiger partial charge in [0.05, 0.1) is 23.7 Å². The number of hydrogen-bond donors (Lipinski definition) is 1. The van der Waals surface area contributed by atoms with E-state index < -0.39 is 0 Å². The lowest BCUT2D eigenvalue weighted by atomic mass is 10.1. The van der Waals surface area contributed by atoms with Gasteiger partial charge in [-0.2, -0.15) is 5.10 Å². The number of nitrogens with one attached hydrogen (secondary N) is 1. The van der Waals surface area contributed by atoms with Crippen LogP contribution in [0.1, 0.15) is 45.9 Å². The third-order valence-electron chi connectivity index (χ3n) is 4.17. The maximum Gasteiger partial charge on any atom is 0.264 e. The molecule has 1 saturated heterocycles. The largest absolute Gasteiger partial charge is 0.351 e. The predicted molar refractivity (Wildman–Crippen MR) is 93.0 cm³/mol. The average molecular weight is 346 g/mol. The molecule has 6 nitrogen and oxygen atoms in total. The van der Waals surface area contributed by atoms with Crippen LogP contribution in [0.3, 0.4) is 0 Å². The lowest BCUT2D eigenvalue weighted by Crippen LogP contribution is -2.40. The summed E-state index contributed by atoms with van der Waals surface area (Å²) in [6.07, 6.45) is 5.92. The van der Waals surface area contributed by atoms with Crippen molar-refractivity contribution < 1.29 is 9.59 Å². The molecule has 0 radical (unpaired) electrons. The van der Waals surface area contributed by atoms with Crippen LogP contribution in [0.5, 0.6) is 0 Å². The number of aromatic nitrogens is 2. The number of piperidine rings is 1. The summed E-state index contributed by atoms with van der Waals surface area (Å²) in [5, 5.41) is 7.15. The lowest BCUT2D eigenvalue weighted by Gasteiger charge is -2.32. The number of carbonyl (C=O) groups excluding carboxylic acids is 2. The smallest absolute Gasteiger partial charge is 0.264 e. The molecule has 0 bridgehead atoms. The fourth-order valence-electron chi connectivity index (χ4n) is 2.94. The third-order valence-corrected chi connectivity index (χ3v) is 5.25. The summed E-state index contributed by atoms with van der Waals surface area (Å²) in [6.45, 7) is 5.47. The summed E-state index contributed by atoms with van der Waals surface area (Å²) in [5.41, 5.74) is 1.14. The van der Waals surface area contributed by atoms with E-state index >= 15 is 0 Å². The van der Waals surface area contributed by atoms with Crippen molar-refractivity contribution in [2.75, 3.05) is 13.1 Å². The Labute approximate surface area is 145 Å². The van der Waals surface area contributed by atoms with Crippen molar-refractivity contribution in [3.63, 3.8) is 0 Å². The second-order valence-electron chi connectivity index (χ2n) is 6.22. The Morgan fingerprint density at radius 1 is 1.42 bits per heavy atom. The van der Waals surface area contributed by atoms with E-state index in [0.29, 0.717) is 13.1 Å². The SMILES string of the molecule is CC(=O)NCc1ccc(C(=O)N2CCC[C@H](n3cc(C)cn3)C2)s1. The molecule has 1 aliphatic rings. The molecule has 7 heteroatoms. The molecule has 0 spiro atoms. The monoisotopic (exact) mass is 346 g/mol. The Hall–Kier alpha value is -2.15. The molecule has 2 aromatic heterocycles. The number of hydrogen-bond acceptors (Lipinski definition) is 4. The van der Waals surface area contributed by atoms with Gasteiger partial charge >= 0.3 is 0 Å². The minimum absolute atomic E-state index is 0.0651. The quantitative estimate of drug-likeness (QED) is 0.924. The third kappa shape index (κ3) is 3.84. The fraction of sp³-hybridized carbons (Fsp3) is 0.471. The van der Waals surface area contributed by atoms with Crippen LogP contribution in [0.4, 0.5) is 0 Å². The number of aryl methyl sites for hydroxylation is 1. The second-order valence-corrected chi connectivity index (χ2v) is 7.39. The van der Waals surface area contributed by atoms with Crippen molar-refractivity contribution in [3.05, 3.63) is 39.8 Å². The second kappa shape index (κ2) is 7.17. The molecule has 128 valence electrons. The number of thiophene rings is 1. The first-order valence-corrected chi connectivity index (χ1v) is 8.98. The highest BCUT2D eigenvalue weighted by molar-refractivity contribution is 7.14. The minimum atomic E-state index is -0.0651. The minimum Gasteiger partial charge on any atom is -0.351 e. The van der Waals surface area contributed by atoms with Gasteiger partial charge in [-0.3, -0.25) is 14.3 Å². The van der Waals surface area contributed by atoms with Crippen LogP contribution < -0.4 is 5.32 Å². The molecule has 0 saturated carbocycles. The van der Waals surface area contributed by atoms with Gasteiger partial charge < -0.3 is 10.2 Å². The van der Waals surface area contributed by atoms with Crippen molar-refractivity contribution in [1.29, 1.82) is 0 Å². The number of rotatable bonds is 4. The van der Waals surface area contributed by atoms with Crippen molar-refractivity contribution >= 4 is 23.2 Å². The summed E-state index contributed by atoms with van der Waals surface area (Å²) in [6, 6.07) is 4.01. The van der Waals surface area contributed by atoms with E-state index in [1.54, 1.807) is 0 Å². The van der Waals surface area contributed by atoms with Crippen molar-refractivity contribution in [3.8, 4) is 0 Å². The first kappa shape index (κ1) is 16.7.